The second kappa shape index (κ2) is 25.0. The fourth-order valence-corrected chi connectivity index (χ4v) is 14.3. The number of fused-ring (bicyclic) bond motifs is 2. The molecule has 13 rings (SSSR count). The van der Waals surface area contributed by atoms with Gasteiger partial charge in [-0.3, -0.25) is 28.5 Å². The van der Waals surface area contributed by atoms with Crippen LogP contribution >= 0.6 is 11.6 Å². The third-order valence-electron chi connectivity index (χ3n) is 19.5. The zero-order valence-electron chi connectivity index (χ0n) is 51.5. The Morgan fingerprint density at radius 3 is 1.43 bits per heavy atom. The van der Waals surface area contributed by atoms with E-state index in [4.69, 9.17) is 40.6 Å². The Morgan fingerprint density at radius 1 is 0.580 bits per heavy atom. The van der Waals surface area contributed by atoms with Crippen molar-refractivity contribution in [3.63, 3.8) is 0 Å². The summed E-state index contributed by atoms with van der Waals surface area (Å²) in [7, 11) is -0.408. The third kappa shape index (κ3) is 12.8. The van der Waals surface area contributed by atoms with E-state index in [0.717, 1.165) is 101 Å². The van der Waals surface area contributed by atoms with Crippen molar-refractivity contribution in [2.24, 2.45) is 34.5 Å². The van der Waals surface area contributed by atoms with Crippen LogP contribution in [0.25, 0.3) is 33.1 Å². The Hall–Kier alpha value is -7.73. The van der Waals surface area contributed by atoms with Crippen molar-refractivity contribution in [1.82, 2.24) is 29.5 Å². The summed E-state index contributed by atoms with van der Waals surface area (Å²) < 4.78 is 27.0. The van der Waals surface area contributed by atoms with Crippen LogP contribution in [-0.2, 0) is 18.9 Å². The molecule has 4 aromatic carbocycles. The zero-order chi connectivity index (χ0) is 62.3. The van der Waals surface area contributed by atoms with Gasteiger partial charge in [-0.05, 0) is 170 Å². The average Bonchev–Trinajstić information content (AvgIpc) is 2.19. The number of nitrogens with zero attached hydrogens (tertiary/aromatic N) is 6. The lowest BCUT2D eigenvalue weighted by molar-refractivity contribution is -0.158. The second-order valence-electron chi connectivity index (χ2n) is 26.1. The van der Waals surface area contributed by atoms with Gasteiger partial charge in [0.2, 0.25) is 11.8 Å². The maximum atomic E-state index is 13.5. The van der Waals surface area contributed by atoms with Gasteiger partial charge in [0.15, 0.2) is 11.6 Å². The van der Waals surface area contributed by atoms with Crippen LogP contribution in [0.15, 0.2) is 134 Å². The molecule has 18 heteroatoms. The zero-order valence-corrected chi connectivity index (χ0v) is 52.2. The molecule has 5 aliphatic rings. The molecule has 16 nitrogen and oxygen atoms in total. The molecule has 4 aromatic heterocycles. The number of aliphatic carboxylic acids is 2. The normalized spacial score (nSPS) is 23.4. The molecule has 2 atom stereocenters. The smallest absolute Gasteiger partial charge is 0.481 e. The van der Waals surface area contributed by atoms with Crippen LogP contribution in [0.3, 0.4) is 0 Å². The van der Waals surface area contributed by atoms with E-state index < -0.39 is 19.1 Å². The average molecular weight is 1210 g/mol. The number of para-hydroxylation sites is 2. The summed E-state index contributed by atoms with van der Waals surface area (Å²) in [4.78, 5) is 57.9. The standard InChI is InChI=1S/C32H33N3O4.C31H37BN2O5.C7H8ClNO/c1-3-39-29-9-5-8-27(34-29)23-12-10-22(11-13-23)20(2)35-30-24(19-33-35)6-4-7-26(30)28(36)14-21-15-32(16-21)17-25(18-32)31(37)38;1-19(21-9-11-24(12-10-21)32-38-29(2,3)30(4,5)39-32)34-27-22(18-33-34)7-6-8-25(27)26(35)13-20-14-31(15-20)16-23(17-31)28(36)37;1-2-10-7-5-3-4-6(8)9-7/h4-13,19-21,25H,3,14-18H2,1-2H3,(H,37,38);6-12,18-20,23H,13-17H2,1-5H3,(H,36,37);3-5H,2H2,1H3. The lowest BCUT2D eigenvalue weighted by Crippen LogP contribution is -2.50. The Labute approximate surface area is 519 Å². The fourth-order valence-electron chi connectivity index (χ4n) is 14.1. The number of carbonyl (C=O) groups excluding carboxylic acids is 2. The molecular formula is C70H78BClN6O10. The van der Waals surface area contributed by atoms with Crippen LogP contribution in [0.1, 0.15) is 164 Å². The van der Waals surface area contributed by atoms with Crippen molar-refractivity contribution in [2.75, 3.05) is 13.2 Å². The summed E-state index contributed by atoms with van der Waals surface area (Å²) in [5, 5.41) is 30.2. The summed E-state index contributed by atoms with van der Waals surface area (Å²) in [5.41, 5.74) is 7.74. The number of ether oxygens (including phenoxy) is 2. The molecular weight excluding hydrogens is 1130 g/mol. The van der Waals surface area contributed by atoms with Gasteiger partial charge in [0.1, 0.15) is 5.15 Å². The highest BCUT2D eigenvalue weighted by molar-refractivity contribution is 6.62. The third-order valence-corrected chi connectivity index (χ3v) is 19.7. The van der Waals surface area contributed by atoms with E-state index in [9.17, 15) is 29.4 Å². The monoisotopic (exact) mass is 1210 g/mol. The minimum Gasteiger partial charge on any atom is -0.481 e. The fraction of sp³-hybridized carbons (Fsp3) is 0.429. The molecule has 5 fully saturated rings. The number of hydrogen-bond acceptors (Lipinski definition) is 12. The van der Waals surface area contributed by atoms with Gasteiger partial charge in [-0.1, -0.05) is 96.5 Å². The number of carboxylic acids is 2. The number of rotatable bonds is 18. The van der Waals surface area contributed by atoms with Crippen LogP contribution < -0.4 is 14.9 Å². The molecule has 2 N–H and O–H groups in total. The number of aromatic nitrogens is 6. The van der Waals surface area contributed by atoms with Crippen LogP contribution in [0.4, 0.5) is 0 Å². The number of Topliss-reactive ketones (excluding diaryl/α,β-unsaturated/α-hetero) is 2. The summed E-state index contributed by atoms with van der Waals surface area (Å²) in [5.74, 6) is 0.371. The number of carboxylic acid groups (broad SMARTS) is 2. The first-order chi connectivity index (χ1) is 42.1. The number of hydrogen-bond donors (Lipinski definition) is 2. The molecule has 1 saturated heterocycles. The molecule has 0 bridgehead atoms. The highest BCUT2D eigenvalue weighted by Crippen LogP contribution is 2.63. The van der Waals surface area contributed by atoms with Crippen molar-refractivity contribution in [2.45, 2.75) is 143 Å². The molecule has 0 amide bonds. The number of halogens is 1. The number of benzene rings is 4. The Bertz CT molecular complexity index is 3840. The van der Waals surface area contributed by atoms with E-state index in [1.54, 1.807) is 18.2 Å². The highest BCUT2D eigenvalue weighted by atomic mass is 35.5. The van der Waals surface area contributed by atoms with E-state index in [2.05, 4.69) is 87.9 Å². The lowest BCUT2D eigenvalue weighted by atomic mass is 9.47. The topological polar surface area (TPSA) is 207 Å². The first-order valence-corrected chi connectivity index (χ1v) is 31.3. The maximum absolute atomic E-state index is 13.5. The van der Waals surface area contributed by atoms with E-state index in [0.29, 0.717) is 65.9 Å². The van der Waals surface area contributed by atoms with Crippen molar-refractivity contribution < 1.29 is 48.2 Å². The van der Waals surface area contributed by atoms with Gasteiger partial charge in [0.05, 0.1) is 77.5 Å². The summed E-state index contributed by atoms with van der Waals surface area (Å²) >= 11 is 5.59. The minimum atomic E-state index is -0.684. The Balaban J connectivity index is 0.000000157. The van der Waals surface area contributed by atoms with Gasteiger partial charge in [0.25, 0.3) is 0 Å². The van der Waals surface area contributed by atoms with Gasteiger partial charge in [-0.15, -0.1) is 0 Å². The molecule has 1 aliphatic heterocycles. The van der Waals surface area contributed by atoms with E-state index >= 15 is 0 Å². The largest absolute Gasteiger partial charge is 0.494 e. The predicted molar refractivity (Wildman–Crippen MR) is 339 cm³/mol. The molecule has 5 heterocycles. The van der Waals surface area contributed by atoms with E-state index in [-0.39, 0.29) is 57.5 Å². The molecule has 4 saturated carbocycles. The number of ketones is 2. The molecule has 458 valence electrons. The minimum absolute atomic E-state index is 0.0666. The van der Waals surface area contributed by atoms with Gasteiger partial charge in [-0.2, -0.15) is 10.2 Å². The van der Waals surface area contributed by atoms with Crippen LogP contribution in [-0.4, -0.2) is 94.8 Å². The summed E-state index contributed by atoms with van der Waals surface area (Å²) in [6.45, 7) is 17.4. The first-order valence-electron chi connectivity index (χ1n) is 30.9. The van der Waals surface area contributed by atoms with Crippen molar-refractivity contribution in [3.05, 3.63) is 161 Å². The lowest BCUT2D eigenvalue weighted by Gasteiger charge is -2.56. The van der Waals surface area contributed by atoms with Crippen LogP contribution in [0, 0.1) is 34.5 Å². The van der Waals surface area contributed by atoms with Gasteiger partial charge in [-0.25, -0.2) is 9.97 Å². The van der Waals surface area contributed by atoms with Gasteiger partial charge >= 0.3 is 19.1 Å². The van der Waals surface area contributed by atoms with Crippen LogP contribution in [0.2, 0.25) is 5.15 Å². The quantitative estimate of drug-likeness (QED) is 0.0466. The second-order valence-corrected chi connectivity index (χ2v) is 26.5. The van der Waals surface area contributed by atoms with Crippen LogP contribution in [0.5, 0.6) is 11.8 Å². The highest BCUT2D eigenvalue weighted by Gasteiger charge is 2.56. The van der Waals surface area contributed by atoms with E-state index in [1.807, 2.05) is 102 Å². The molecule has 4 aliphatic carbocycles. The predicted octanol–water partition coefficient (Wildman–Crippen LogP) is 14.1. The molecule has 2 spiro atoms. The van der Waals surface area contributed by atoms with Gasteiger partial charge < -0.3 is 29.0 Å². The van der Waals surface area contributed by atoms with Crippen molar-refractivity contribution in [3.8, 4) is 23.0 Å². The summed E-state index contributed by atoms with van der Waals surface area (Å²) in [6.07, 6.45) is 11.6. The first kappa shape index (κ1) is 61.9. The Kier molecular flexibility index (Phi) is 17.6. The summed E-state index contributed by atoms with van der Waals surface area (Å²) in [6, 6.07) is 39.2. The van der Waals surface area contributed by atoms with Crippen molar-refractivity contribution in [1.29, 1.82) is 0 Å². The SMILES string of the molecule is CC(c1ccc(B2OC(C)(C)C(C)(C)O2)cc1)n1ncc2cccc(C(=O)CC3CC4(C3)CC(C(=O)O)C4)c21.CCOc1cccc(-c2ccc(C(C)n3ncc4cccc(C(=O)CC5CC6(C5)CC(C(=O)O)C6)c43)cc2)n1.CCOc1cccc(Cl)n1. The van der Waals surface area contributed by atoms with Crippen molar-refractivity contribution >= 4 is 69.5 Å². The molecule has 88 heavy (non-hydrogen) atoms. The Morgan fingerprint density at radius 2 is 1.00 bits per heavy atom. The number of carbonyl (C=O) groups is 4. The van der Waals surface area contributed by atoms with E-state index in [1.165, 1.54) is 0 Å². The molecule has 2 unspecified atom stereocenters. The van der Waals surface area contributed by atoms with Gasteiger partial charge in [0, 0.05) is 52.4 Å². The molecule has 0 radical (unpaired) electrons. The molecule has 8 aromatic rings. The number of pyridine rings is 2. The maximum Gasteiger partial charge on any atom is 0.494 e.